The average Bonchev–Trinajstić information content (AvgIpc) is 2.70. The molecule has 0 spiro atoms. The van der Waals surface area contributed by atoms with E-state index in [1.54, 1.807) is 12.1 Å². The molecule has 1 aromatic rings. The molecule has 2 bridgehead atoms. The molecule has 13 heavy (non-hydrogen) atoms. The number of hydrogen-bond donors (Lipinski definition) is 2. The van der Waals surface area contributed by atoms with Crippen molar-refractivity contribution in [2.24, 2.45) is 0 Å². The van der Waals surface area contributed by atoms with E-state index in [-0.39, 0.29) is 0 Å². The molecule has 0 heterocycles. The fourth-order valence-corrected chi connectivity index (χ4v) is 2.52. The Morgan fingerprint density at radius 3 is 1.85 bits per heavy atom. The number of benzene rings is 1. The average molecular weight is 174 g/mol. The minimum Gasteiger partial charge on any atom is -0.508 e. The molecule has 2 atom stereocenters. The Balaban J connectivity index is 2.33. The lowest BCUT2D eigenvalue weighted by Gasteiger charge is -2.13. The van der Waals surface area contributed by atoms with Crippen molar-refractivity contribution in [2.45, 2.75) is 18.3 Å². The fourth-order valence-electron chi connectivity index (χ4n) is 2.52. The summed E-state index contributed by atoms with van der Waals surface area (Å²) in [5, 5.41) is 19.3. The maximum absolute atomic E-state index is 9.63. The summed E-state index contributed by atoms with van der Waals surface area (Å²) in [5.74, 6) is 1.30. The number of rotatable bonds is 0. The Hall–Kier alpha value is -1.44. The third kappa shape index (κ3) is 0.730. The summed E-state index contributed by atoms with van der Waals surface area (Å²) in [4.78, 5) is 0. The molecule has 0 amide bonds. The Kier molecular flexibility index (Phi) is 1.12. The second-order valence-corrected chi connectivity index (χ2v) is 3.76. The van der Waals surface area contributed by atoms with Gasteiger partial charge in [0.05, 0.1) is 0 Å². The van der Waals surface area contributed by atoms with Crippen molar-refractivity contribution in [1.29, 1.82) is 0 Å². The van der Waals surface area contributed by atoms with Gasteiger partial charge in [-0.1, -0.05) is 12.2 Å². The highest BCUT2D eigenvalue weighted by atomic mass is 16.3. The van der Waals surface area contributed by atoms with Gasteiger partial charge in [-0.3, -0.25) is 0 Å². The molecule has 0 fully saturated rings. The van der Waals surface area contributed by atoms with E-state index in [0.29, 0.717) is 23.3 Å². The monoisotopic (exact) mass is 174 g/mol. The molecule has 0 saturated heterocycles. The van der Waals surface area contributed by atoms with Gasteiger partial charge in [-0.05, 0) is 18.6 Å². The van der Waals surface area contributed by atoms with Gasteiger partial charge in [-0.15, -0.1) is 0 Å². The van der Waals surface area contributed by atoms with E-state index in [0.717, 1.165) is 17.5 Å². The van der Waals surface area contributed by atoms with E-state index >= 15 is 0 Å². The topological polar surface area (TPSA) is 40.5 Å². The third-order valence-corrected chi connectivity index (χ3v) is 3.07. The van der Waals surface area contributed by atoms with Crippen LogP contribution >= 0.6 is 0 Å². The Morgan fingerprint density at radius 1 is 0.923 bits per heavy atom. The van der Waals surface area contributed by atoms with Crippen molar-refractivity contribution in [1.82, 2.24) is 0 Å². The molecule has 66 valence electrons. The van der Waals surface area contributed by atoms with Crippen molar-refractivity contribution in [3.8, 4) is 11.5 Å². The van der Waals surface area contributed by atoms with Crippen LogP contribution in [0.3, 0.4) is 0 Å². The summed E-state index contributed by atoms with van der Waals surface area (Å²) in [6.45, 7) is 0. The molecule has 3 rings (SSSR count). The maximum Gasteiger partial charge on any atom is 0.119 e. The van der Waals surface area contributed by atoms with Crippen molar-refractivity contribution in [3.05, 3.63) is 35.4 Å². The third-order valence-electron chi connectivity index (χ3n) is 3.07. The van der Waals surface area contributed by atoms with Gasteiger partial charge in [0.15, 0.2) is 0 Å². The molecular formula is C11H10O2. The van der Waals surface area contributed by atoms with E-state index in [9.17, 15) is 10.2 Å². The van der Waals surface area contributed by atoms with Gasteiger partial charge < -0.3 is 10.2 Å². The van der Waals surface area contributed by atoms with Crippen LogP contribution in [0.2, 0.25) is 0 Å². The van der Waals surface area contributed by atoms with Gasteiger partial charge in [0, 0.05) is 23.0 Å². The summed E-state index contributed by atoms with van der Waals surface area (Å²) in [6.07, 6.45) is 5.25. The summed E-state index contributed by atoms with van der Waals surface area (Å²) < 4.78 is 0. The molecule has 2 N–H and O–H groups in total. The minimum atomic E-state index is 0.324. The van der Waals surface area contributed by atoms with E-state index in [1.807, 2.05) is 0 Å². The lowest BCUT2D eigenvalue weighted by atomic mass is 9.95. The first-order chi connectivity index (χ1) is 6.27. The maximum atomic E-state index is 9.63. The first kappa shape index (κ1) is 7.01. The summed E-state index contributed by atoms with van der Waals surface area (Å²) in [7, 11) is 0. The molecule has 0 aromatic heterocycles. The number of phenolic OH excluding ortho intramolecular Hbond substituents is 2. The molecule has 1 aromatic carbocycles. The predicted octanol–water partition coefficient (Wildman–Crippen LogP) is 2.24. The van der Waals surface area contributed by atoms with Crippen LogP contribution in [0.1, 0.15) is 29.4 Å². The van der Waals surface area contributed by atoms with Crippen molar-refractivity contribution < 1.29 is 10.2 Å². The van der Waals surface area contributed by atoms with Crippen LogP contribution in [-0.4, -0.2) is 10.2 Å². The zero-order valence-corrected chi connectivity index (χ0v) is 7.07. The summed E-state index contributed by atoms with van der Waals surface area (Å²) in [5.41, 5.74) is 1.88. The van der Waals surface area contributed by atoms with Crippen molar-refractivity contribution in [3.63, 3.8) is 0 Å². The van der Waals surface area contributed by atoms with Gasteiger partial charge in [-0.25, -0.2) is 0 Å². The first-order valence-corrected chi connectivity index (χ1v) is 4.50. The lowest BCUT2D eigenvalue weighted by Crippen LogP contribution is -1.93. The highest BCUT2D eigenvalue weighted by Gasteiger charge is 2.36. The second-order valence-electron chi connectivity index (χ2n) is 3.76. The number of phenols is 2. The van der Waals surface area contributed by atoms with Gasteiger partial charge in [-0.2, -0.15) is 0 Å². The van der Waals surface area contributed by atoms with Crippen LogP contribution in [-0.2, 0) is 0 Å². The Labute approximate surface area is 76.1 Å². The zero-order chi connectivity index (χ0) is 9.00. The number of allylic oxidation sites excluding steroid dienone is 2. The smallest absolute Gasteiger partial charge is 0.119 e. The van der Waals surface area contributed by atoms with Crippen LogP contribution in [0, 0.1) is 0 Å². The molecule has 0 aliphatic heterocycles. The standard InChI is InChI=1S/C11H10O2/c12-8-3-4-9(13)11-7-2-1-6(5-7)10(8)11/h1-4,6-7,12-13H,5H2/t6-,7-/m0/s1. The molecule has 2 aliphatic carbocycles. The molecule has 2 aliphatic rings. The summed E-state index contributed by atoms with van der Waals surface area (Å²) in [6, 6.07) is 3.14. The van der Waals surface area contributed by atoms with Crippen LogP contribution in [0.5, 0.6) is 11.5 Å². The SMILES string of the molecule is Oc1ccc(O)c2c1[C@H]1C=C[C@H]2C1. The molecule has 0 saturated carbocycles. The predicted molar refractivity (Wildman–Crippen MR) is 49.0 cm³/mol. The van der Waals surface area contributed by atoms with Gasteiger partial charge in [0.2, 0.25) is 0 Å². The van der Waals surface area contributed by atoms with Crippen LogP contribution in [0.4, 0.5) is 0 Å². The van der Waals surface area contributed by atoms with E-state index in [4.69, 9.17) is 0 Å². The van der Waals surface area contributed by atoms with Crippen molar-refractivity contribution >= 4 is 0 Å². The molecule has 0 radical (unpaired) electrons. The quantitative estimate of drug-likeness (QED) is 0.467. The largest absolute Gasteiger partial charge is 0.508 e. The second kappa shape index (κ2) is 2.08. The van der Waals surface area contributed by atoms with Crippen LogP contribution in [0.15, 0.2) is 24.3 Å². The normalized spacial score (nSPS) is 28.0. The van der Waals surface area contributed by atoms with Gasteiger partial charge >= 0.3 is 0 Å². The highest BCUT2D eigenvalue weighted by Crippen LogP contribution is 2.54. The zero-order valence-electron chi connectivity index (χ0n) is 7.07. The van der Waals surface area contributed by atoms with E-state index < -0.39 is 0 Å². The Bertz CT molecular complexity index is 370. The van der Waals surface area contributed by atoms with Gasteiger partial charge in [0.1, 0.15) is 11.5 Å². The highest BCUT2D eigenvalue weighted by molar-refractivity contribution is 5.59. The minimum absolute atomic E-state index is 0.324. The van der Waals surface area contributed by atoms with E-state index in [2.05, 4.69) is 12.2 Å². The first-order valence-electron chi connectivity index (χ1n) is 4.50. The number of aromatic hydroxyl groups is 2. The van der Waals surface area contributed by atoms with Gasteiger partial charge in [0.25, 0.3) is 0 Å². The molecule has 2 heteroatoms. The van der Waals surface area contributed by atoms with E-state index in [1.165, 1.54) is 0 Å². The lowest BCUT2D eigenvalue weighted by molar-refractivity contribution is 0.451. The molecular weight excluding hydrogens is 164 g/mol. The van der Waals surface area contributed by atoms with Crippen LogP contribution < -0.4 is 0 Å². The number of hydrogen-bond acceptors (Lipinski definition) is 2. The summed E-state index contributed by atoms with van der Waals surface area (Å²) >= 11 is 0. The Morgan fingerprint density at radius 2 is 1.38 bits per heavy atom. The number of fused-ring (bicyclic) bond motifs is 5. The van der Waals surface area contributed by atoms with Crippen molar-refractivity contribution in [2.75, 3.05) is 0 Å². The molecule has 0 unspecified atom stereocenters. The molecule has 2 nitrogen and oxygen atoms in total. The fraction of sp³-hybridized carbons (Fsp3) is 0.273. The van der Waals surface area contributed by atoms with Crippen LogP contribution in [0.25, 0.3) is 0 Å².